The predicted molar refractivity (Wildman–Crippen MR) is 117 cm³/mol. The molecule has 4 rings (SSSR count). The van der Waals surface area contributed by atoms with Crippen LogP contribution in [0.1, 0.15) is 11.1 Å². The van der Waals surface area contributed by atoms with Crippen molar-refractivity contribution in [3.63, 3.8) is 0 Å². The maximum Gasteiger partial charge on any atom is 0.264 e. The van der Waals surface area contributed by atoms with E-state index in [1.807, 2.05) is 38.1 Å². The summed E-state index contributed by atoms with van der Waals surface area (Å²) in [6.45, 7) is 3.84. The van der Waals surface area contributed by atoms with Gasteiger partial charge >= 0.3 is 0 Å². The fourth-order valence-corrected chi connectivity index (χ4v) is 3.76. The Kier molecular flexibility index (Phi) is 5.72. The first-order chi connectivity index (χ1) is 15.0. The van der Waals surface area contributed by atoms with Crippen LogP contribution in [0.4, 0.5) is 5.13 Å². The lowest BCUT2D eigenvalue weighted by Crippen LogP contribution is -2.20. The van der Waals surface area contributed by atoms with Crippen molar-refractivity contribution in [2.24, 2.45) is 0 Å². The molecule has 4 aromatic rings. The Morgan fingerprint density at radius 3 is 2.65 bits per heavy atom. The second-order valence-corrected chi connectivity index (χ2v) is 7.69. The van der Waals surface area contributed by atoms with Gasteiger partial charge in [-0.15, -0.1) is 15.3 Å². The molecule has 0 spiro atoms. The molecule has 1 amide bonds. The van der Waals surface area contributed by atoms with E-state index in [1.54, 1.807) is 30.9 Å². The molecule has 0 fully saturated rings. The molecule has 2 heterocycles. The van der Waals surface area contributed by atoms with Crippen LogP contribution in [0.25, 0.3) is 16.3 Å². The third-order valence-corrected chi connectivity index (χ3v) is 5.61. The molecule has 160 valence electrons. The zero-order valence-electron chi connectivity index (χ0n) is 17.5. The third kappa shape index (κ3) is 4.15. The number of fused-ring (bicyclic) bond motifs is 1. The Balaban J connectivity index is 1.50. The van der Waals surface area contributed by atoms with E-state index in [0.29, 0.717) is 33.2 Å². The van der Waals surface area contributed by atoms with Gasteiger partial charge < -0.3 is 14.2 Å². The summed E-state index contributed by atoms with van der Waals surface area (Å²) in [5.74, 6) is 2.09. The van der Waals surface area contributed by atoms with Crippen LogP contribution < -0.4 is 19.5 Å². The standard InChI is InChI=1S/C21H21N5O4S/c1-12-6-5-7-15(13(12)2)30-11-18(27)22-20-25-26-19(23-24-21(26)31-20)14-8-9-16(28-3)17(10-14)29-4/h5-10H,11H2,1-4H3,(H,22,25,27). The number of aromatic nitrogens is 4. The Hall–Kier alpha value is -3.66. The molecule has 0 aliphatic carbocycles. The van der Waals surface area contributed by atoms with Crippen LogP contribution in [0, 0.1) is 13.8 Å². The summed E-state index contributed by atoms with van der Waals surface area (Å²) < 4.78 is 17.9. The van der Waals surface area contributed by atoms with Crippen molar-refractivity contribution in [1.29, 1.82) is 0 Å². The lowest BCUT2D eigenvalue weighted by Gasteiger charge is -2.10. The van der Waals surface area contributed by atoms with Crippen LogP contribution in [-0.4, -0.2) is 46.5 Å². The second kappa shape index (κ2) is 8.60. The Morgan fingerprint density at radius 2 is 1.87 bits per heavy atom. The van der Waals surface area contributed by atoms with Crippen LogP contribution in [0.15, 0.2) is 36.4 Å². The molecule has 2 aromatic heterocycles. The highest BCUT2D eigenvalue weighted by Crippen LogP contribution is 2.32. The van der Waals surface area contributed by atoms with Gasteiger partial charge in [0.05, 0.1) is 14.2 Å². The minimum absolute atomic E-state index is 0.118. The molecule has 0 radical (unpaired) electrons. The molecule has 0 atom stereocenters. The topological polar surface area (TPSA) is 99.9 Å². The minimum Gasteiger partial charge on any atom is -0.493 e. The van der Waals surface area contributed by atoms with Crippen molar-refractivity contribution in [2.75, 3.05) is 26.1 Å². The first-order valence-corrected chi connectivity index (χ1v) is 10.3. The van der Waals surface area contributed by atoms with Gasteiger partial charge in [0, 0.05) is 5.56 Å². The van der Waals surface area contributed by atoms with Crippen LogP contribution >= 0.6 is 11.3 Å². The number of hydrogen-bond acceptors (Lipinski definition) is 8. The smallest absolute Gasteiger partial charge is 0.264 e. The molecular weight excluding hydrogens is 418 g/mol. The number of benzene rings is 2. The van der Waals surface area contributed by atoms with Crippen LogP contribution in [-0.2, 0) is 4.79 Å². The van der Waals surface area contributed by atoms with E-state index in [4.69, 9.17) is 14.2 Å². The van der Waals surface area contributed by atoms with Gasteiger partial charge in [0.2, 0.25) is 10.1 Å². The molecular formula is C21H21N5O4S. The van der Waals surface area contributed by atoms with Gasteiger partial charge in [0.1, 0.15) is 5.75 Å². The van der Waals surface area contributed by atoms with Crippen molar-refractivity contribution in [3.05, 3.63) is 47.5 Å². The van der Waals surface area contributed by atoms with Gasteiger partial charge in [-0.1, -0.05) is 23.5 Å². The van der Waals surface area contributed by atoms with Crippen LogP contribution in [0.2, 0.25) is 0 Å². The number of carbonyl (C=O) groups excluding carboxylic acids is 1. The van der Waals surface area contributed by atoms with Gasteiger partial charge in [-0.3, -0.25) is 10.1 Å². The number of rotatable bonds is 7. The van der Waals surface area contributed by atoms with Crippen molar-refractivity contribution in [3.8, 4) is 28.6 Å². The molecule has 0 bridgehead atoms. The van der Waals surface area contributed by atoms with E-state index in [9.17, 15) is 4.79 Å². The predicted octanol–water partition coefficient (Wildman–Crippen LogP) is 3.50. The largest absolute Gasteiger partial charge is 0.493 e. The van der Waals surface area contributed by atoms with E-state index in [-0.39, 0.29) is 12.5 Å². The summed E-state index contributed by atoms with van der Waals surface area (Å²) in [4.78, 5) is 12.9. The highest BCUT2D eigenvalue weighted by Gasteiger charge is 2.17. The average molecular weight is 439 g/mol. The molecule has 1 N–H and O–H groups in total. The summed E-state index contributed by atoms with van der Waals surface area (Å²) in [5, 5.41) is 15.9. The number of anilines is 1. The van der Waals surface area contributed by atoms with Crippen molar-refractivity contribution in [2.45, 2.75) is 13.8 Å². The summed E-state index contributed by atoms with van der Waals surface area (Å²) >= 11 is 1.22. The van der Waals surface area contributed by atoms with Crippen molar-refractivity contribution >= 4 is 27.3 Å². The third-order valence-electron chi connectivity index (χ3n) is 4.79. The summed E-state index contributed by atoms with van der Waals surface area (Å²) in [7, 11) is 3.14. The van der Waals surface area contributed by atoms with Gasteiger partial charge in [-0.25, -0.2) is 0 Å². The normalized spacial score (nSPS) is 10.8. The second-order valence-electron chi connectivity index (χ2n) is 6.73. The van der Waals surface area contributed by atoms with Crippen LogP contribution in [0.5, 0.6) is 17.2 Å². The number of carbonyl (C=O) groups is 1. The summed E-state index contributed by atoms with van der Waals surface area (Å²) in [6.07, 6.45) is 0. The Morgan fingerprint density at radius 1 is 1.06 bits per heavy atom. The number of methoxy groups -OCH3 is 2. The first kappa shape index (κ1) is 20.6. The number of nitrogens with one attached hydrogen (secondary N) is 1. The molecule has 31 heavy (non-hydrogen) atoms. The van der Waals surface area contributed by atoms with E-state index in [2.05, 4.69) is 20.6 Å². The molecule has 9 nitrogen and oxygen atoms in total. The maximum atomic E-state index is 12.3. The van der Waals surface area contributed by atoms with Gasteiger partial charge in [0.25, 0.3) is 5.91 Å². The fraction of sp³-hybridized carbons (Fsp3) is 0.238. The molecule has 0 saturated heterocycles. The summed E-state index contributed by atoms with van der Waals surface area (Å²) in [6, 6.07) is 11.2. The zero-order valence-corrected chi connectivity index (χ0v) is 18.3. The SMILES string of the molecule is COc1ccc(-c2nnc3sc(NC(=O)COc4cccc(C)c4C)nn23)cc1OC. The van der Waals surface area contributed by atoms with Crippen molar-refractivity contribution in [1.82, 2.24) is 19.8 Å². The van der Waals surface area contributed by atoms with E-state index in [1.165, 1.54) is 11.3 Å². The average Bonchev–Trinajstić information content (AvgIpc) is 3.34. The molecule has 0 aliphatic rings. The van der Waals surface area contributed by atoms with E-state index < -0.39 is 0 Å². The quantitative estimate of drug-likeness (QED) is 0.470. The minimum atomic E-state index is -0.307. The molecule has 0 unspecified atom stereocenters. The van der Waals surface area contributed by atoms with E-state index in [0.717, 1.165) is 16.7 Å². The maximum absolute atomic E-state index is 12.3. The molecule has 10 heteroatoms. The van der Waals surface area contributed by atoms with Gasteiger partial charge in [0.15, 0.2) is 23.9 Å². The Labute approximate surface area is 182 Å². The zero-order chi connectivity index (χ0) is 22.0. The summed E-state index contributed by atoms with van der Waals surface area (Å²) in [5.41, 5.74) is 2.87. The van der Waals surface area contributed by atoms with E-state index >= 15 is 0 Å². The highest BCUT2D eigenvalue weighted by molar-refractivity contribution is 7.20. The van der Waals surface area contributed by atoms with Crippen LogP contribution in [0.3, 0.4) is 0 Å². The molecule has 2 aromatic carbocycles. The molecule has 0 aliphatic heterocycles. The first-order valence-electron chi connectivity index (χ1n) is 9.43. The number of nitrogens with zero attached hydrogens (tertiary/aromatic N) is 4. The fourth-order valence-electron chi connectivity index (χ4n) is 3.00. The van der Waals surface area contributed by atoms with Gasteiger partial charge in [-0.05, 0) is 49.2 Å². The highest BCUT2D eigenvalue weighted by atomic mass is 32.1. The Bertz CT molecular complexity index is 1250. The number of amides is 1. The number of ether oxygens (including phenoxy) is 3. The number of hydrogen-bond donors (Lipinski definition) is 1. The lowest BCUT2D eigenvalue weighted by atomic mass is 10.1. The van der Waals surface area contributed by atoms with Crippen molar-refractivity contribution < 1.29 is 19.0 Å². The lowest BCUT2D eigenvalue weighted by molar-refractivity contribution is -0.118. The molecule has 0 saturated carbocycles. The monoisotopic (exact) mass is 439 g/mol. The van der Waals surface area contributed by atoms with Gasteiger partial charge in [-0.2, -0.15) is 4.52 Å². The number of aryl methyl sites for hydroxylation is 1.